The largest absolute Gasteiger partial charge is 0.219 e. The molecule has 98 valence electrons. The topological polar surface area (TPSA) is 25.8 Å². The lowest BCUT2D eigenvalue weighted by Gasteiger charge is -2.24. The fourth-order valence-corrected chi connectivity index (χ4v) is 3.23. The second-order valence-corrected chi connectivity index (χ2v) is 6.42. The normalized spacial score (nSPS) is 18.2. The molecule has 2 aromatic rings. The molecule has 5 heteroatoms. The van der Waals surface area contributed by atoms with Crippen LogP contribution in [0.1, 0.15) is 35.7 Å². The molecular formula is C14H11Cl2IN2. The zero-order chi connectivity index (χ0) is 13.4. The summed E-state index contributed by atoms with van der Waals surface area (Å²) < 4.78 is 0.716. The van der Waals surface area contributed by atoms with E-state index in [4.69, 9.17) is 23.2 Å². The van der Waals surface area contributed by atoms with Gasteiger partial charge >= 0.3 is 0 Å². The van der Waals surface area contributed by atoms with Gasteiger partial charge in [0, 0.05) is 5.92 Å². The Morgan fingerprint density at radius 3 is 2.53 bits per heavy atom. The first-order valence-electron chi connectivity index (χ1n) is 6.13. The molecule has 0 aliphatic heterocycles. The summed E-state index contributed by atoms with van der Waals surface area (Å²) in [7, 11) is 0. The van der Waals surface area contributed by atoms with Crippen LogP contribution in [0.2, 0.25) is 10.3 Å². The number of rotatable bonds is 1. The van der Waals surface area contributed by atoms with E-state index in [9.17, 15) is 0 Å². The lowest BCUT2D eigenvalue weighted by molar-refractivity contribution is 0.590. The third-order valence-corrected chi connectivity index (χ3v) is 5.68. The van der Waals surface area contributed by atoms with Crippen LogP contribution in [0.5, 0.6) is 0 Å². The molecule has 0 N–H and O–H groups in total. The second-order valence-electron chi connectivity index (χ2n) is 4.62. The van der Waals surface area contributed by atoms with Gasteiger partial charge < -0.3 is 0 Å². The Morgan fingerprint density at radius 1 is 1.11 bits per heavy atom. The van der Waals surface area contributed by atoms with Crippen LogP contribution in [0.3, 0.4) is 0 Å². The average Bonchev–Trinajstić information content (AvgIpc) is 2.43. The third-order valence-electron chi connectivity index (χ3n) is 3.47. The minimum absolute atomic E-state index is 0.206. The Bertz CT molecular complexity index is 608. The van der Waals surface area contributed by atoms with E-state index in [2.05, 4.69) is 56.8 Å². The van der Waals surface area contributed by atoms with Crippen LogP contribution in [-0.2, 0) is 6.42 Å². The van der Waals surface area contributed by atoms with Gasteiger partial charge in [-0.1, -0.05) is 47.5 Å². The van der Waals surface area contributed by atoms with E-state index < -0.39 is 0 Å². The zero-order valence-corrected chi connectivity index (χ0v) is 13.7. The summed E-state index contributed by atoms with van der Waals surface area (Å²) in [5.41, 5.74) is 2.69. The smallest absolute Gasteiger partial charge is 0.147 e. The van der Waals surface area contributed by atoms with Gasteiger partial charge in [0.05, 0.1) is 3.57 Å². The first-order valence-corrected chi connectivity index (χ1v) is 7.96. The maximum Gasteiger partial charge on any atom is 0.147 e. The highest BCUT2D eigenvalue weighted by Gasteiger charge is 2.25. The summed E-state index contributed by atoms with van der Waals surface area (Å²) in [4.78, 5) is 8.84. The van der Waals surface area contributed by atoms with E-state index in [-0.39, 0.29) is 5.92 Å². The van der Waals surface area contributed by atoms with Crippen molar-refractivity contribution in [1.29, 1.82) is 0 Å². The predicted molar refractivity (Wildman–Crippen MR) is 86.0 cm³/mol. The van der Waals surface area contributed by atoms with Crippen molar-refractivity contribution in [3.05, 3.63) is 55.1 Å². The number of hydrogen-bond donors (Lipinski definition) is 0. The van der Waals surface area contributed by atoms with Crippen LogP contribution in [0.15, 0.2) is 24.3 Å². The van der Waals surface area contributed by atoms with Crippen molar-refractivity contribution in [2.45, 2.75) is 25.2 Å². The highest BCUT2D eigenvalue weighted by Crippen LogP contribution is 2.36. The number of fused-ring (bicyclic) bond motifs is 1. The molecule has 1 atom stereocenters. The van der Waals surface area contributed by atoms with Gasteiger partial charge in [-0.3, -0.25) is 0 Å². The lowest BCUT2D eigenvalue weighted by Crippen LogP contribution is -2.14. The number of hydrogen-bond acceptors (Lipinski definition) is 2. The van der Waals surface area contributed by atoms with Crippen LogP contribution in [0.25, 0.3) is 0 Å². The Kier molecular flexibility index (Phi) is 3.96. The Hall–Kier alpha value is -0.390. The minimum Gasteiger partial charge on any atom is -0.219 e. The van der Waals surface area contributed by atoms with Crippen LogP contribution in [0, 0.1) is 3.57 Å². The number of halogens is 3. The van der Waals surface area contributed by atoms with Gasteiger partial charge in [-0.25, -0.2) is 9.97 Å². The number of nitrogens with zero attached hydrogens (tertiary/aromatic N) is 2. The summed E-state index contributed by atoms with van der Waals surface area (Å²) in [5, 5.41) is 0.886. The molecule has 0 amide bonds. The molecule has 1 aliphatic carbocycles. The van der Waals surface area contributed by atoms with Gasteiger partial charge in [0.2, 0.25) is 0 Å². The van der Waals surface area contributed by atoms with Crippen LogP contribution in [-0.4, -0.2) is 9.97 Å². The molecule has 1 unspecified atom stereocenters. The van der Waals surface area contributed by atoms with Crippen molar-refractivity contribution in [1.82, 2.24) is 9.97 Å². The molecule has 3 rings (SSSR count). The molecule has 0 saturated heterocycles. The van der Waals surface area contributed by atoms with Gasteiger partial charge in [-0.05, 0) is 53.0 Å². The summed E-state index contributed by atoms with van der Waals surface area (Å²) in [6.07, 6.45) is 3.31. The Morgan fingerprint density at radius 2 is 1.79 bits per heavy atom. The van der Waals surface area contributed by atoms with Crippen molar-refractivity contribution in [3.8, 4) is 0 Å². The Labute approximate surface area is 135 Å². The van der Waals surface area contributed by atoms with Gasteiger partial charge in [0.25, 0.3) is 0 Å². The van der Waals surface area contributed by atoms with E-state index in [0.717, 1.165) is 25.1 Å². The molecular weight excluding hydrogens is 394 g/mol. The standard InChI is InChI=1S/C14H11Cl2IN2/c15-12-11(17)13(16)19-14(18-12)10-7-3-5-8-4-1-2-6-9(8)10/h1-2,4,6,10H,3,5,7H2. The first kappa shape index (κ1) is 13.6. The molecule has 0 radical (unpaired) electrons. The van der Waals surface area contributed by atoms with Crippen molar-refractivity contribution >= 4 is 45.8 Å². The van der Waals surface area contributed by atoms with Crippen molar-refractivity contribution in [3.63, 3.8) is 0 Å². The maximum atomic E-state index is 6.12. The van der Waals surface area contributed by atoms with Crippen LogP contribution < -0.4 is 0 Å². The molecule has 0 bridgehead atoms. The lowest BCUT2D eigenvalue weighted by atomic mass is 9.82. The van der Waals surface area contributed by atoms with E-state index >= 15 is 0 Å². The fourth-order valence-electron chi connectivity index (χ4n) is 2.59. The van der Waals surface area contributed by atoms with Gasteiger partial charge in [0.1, 0.15) is 16.1 Å². The number of aryl methyl sites for hydroxylation is 1. The maximum absolute atomic E-state index is 6.12. The van der Waals surface area contributed by atoms with Crippen molar-refractivity contribution in [2.75, 3.05) is 0 Å². The van der Waals surface area contributed by atoms with Crippen LogP contribution in [0.4, 0.5) is 0 Å². The average molecular weight is 405 g/mol. The van der Waals surface area contributed by atoms with Crippen molar-refractivity contribution < 1.29 is 0 Å². The highest BCUT2D eigenvalue weighted by molar-refractivity contribution is 14.1. The minimum atomic E-state index is 0.206. The second kappa shape index (κ2) is 5.54. The molecule has 1 aromatic carbocycles. The molecule has 1 aromatic heterocycles. The first-order chi connectivity index (χ1) is 9.16. The molecule has 2 nitrogen and oxygen atoms in total. The summed E-state index contributed by atoms with van der Waals surface area (Å²) in [5.74, 6) is 0.944. The number of aromatic nitrogens is 2. The summed E-state index contributed by atoms with van der Waals surface area (Å²) >= 11 is 14.3. The van der Waals surface area contributed by atoms with Crippen molar-refractivity contribution in [2.24, 2.45) is 0 Å². The van der Waals surface area contributed by atoms with Gasteiger partial charge in [0.15, 0.2) is 0 Å². The van der Waals surface area contributed by atoms with E-state index in [1.54, 1.807) is 0 Å². The fraction of sp³-hybridized carbons (Fsp3) is 0.286. The third kappa shape index (κ3) is 2.60. The predicted octanol–water partition coefficient (Wildman–Crippen LogP) is 4.86. The molecule has 0 fully saturated rings. The molecule has 0 saturated carbocycles. The van der Waals surface area contributed by atoms with Gasteiger partial charge in [-0.2, -0.15) is 0 Å². The summed E-state index contributed by atoms with van der Waals surface area (Å²) in [6, 6.07) is 8.47. The molecule has 0 spiro atoms. The summed E-state index contributed by atoms with van der Waals surface area (Å²) in [6.45, 7) is 0. The van der Waals surface area contributed by atoms with E-state index in [1.165, 1.54) is 11.1 Å². The van der Waals surface area contributed by atoms with Crippen LogP contribution >= 0.6 is 45.8 Å². The monoisotopic (exact) mass is 404 g/mol. The quantitative estimate of drug-likeness (QED) is 0.501. The Balaban J connectivity index is 2.09. The van der Waals surface area contributed by atoms with E-state index in [1.807, 2.05) is 0 Å². The SMILES string of the molecule is Clc1nc(C2CCCc3ccccc32)nc(Cl)c1I. The number of benzene rings is 1. The molecule has 19 heavy (non-hydrogen) atoms. The zero-order valence-electron chi connectivity index (χ0n) is 10.0. The van der Waals surface area contributed by atoms with E-state index in [0.29, 0.717) is 13.9 Å². The molecule has 1 aliphatic rings. The van der Waals surface area contributed by atoms with Gasteiger partial charge in [-0.15, -0.1) is 0 Å². The molecule has 1 heterocycles. The highest BCUT2D eigenvalue weighted by atomic mass is 127.